The zero-order valence-electron chi connectivity index (χ0n) is 21.2. The molecule has 2 aliphatic heterocycles. The summed E-state index contributed by atoms with van der Waals surface area (Å²) in [5.74, 6) is 0.253. The highest BCUT2D eigenvalue weighted by molar-refractivity contribution is 8.19. The van der Waals surface area contributed by atoms with E-state index < -0.39 is 0 Å². The van der Waals surface area contributed by atoms with Crippen LogP contribution in [0.5, 0.6) is 0 Å². The maximum Gasteiger partial charge on any atom is 0.269 e. The van der Waals surface area contributed by atoms with Crippen molar-refractivity contribution in [3.05, 3.63) is 76.6 Å². The fourth-order valence-electron chi connectivity index (χ4n) is 4.09. The van der Waals surface area contributed by atoms with Crippen LogP contribution in [0.4, 0.5) is 22.7 Å². The molecule has 196 valence electrons. The molecule has 2 N–H and O–H groups in total. The number of aliphatic imine (C=N–C) groups is 1. The number of carbonyl (C=O) groups is 2. The Kier molecular flexibility index (Phi) is 7.77. The third kappa shape index (κ3) is 5.31. The highest BCUT2D eigenvalue weighted by Crippen LogP contribution is 2.50. The average Bonchev–Trinajstić information content (AvgIpc) is 3.61. The van der Waals surface area contributed by atoms with Crippen LogP contribution in [0.15, 0.2) is 85.1 Å². The molecule has 1 aromatic heterocycles. The maximum atomic E-state index is 13.8. The second-order valence-electron chi connectivity index (χ2n) is 8.47. The summed E-state index contributed by atoms with van der Waals surface area (Å²) in [5.41, 5.74) is 3.03. The molecule has 0 aliphatic carbocycles. The van der Waals surface area contributed by atoms with Crippen molar-refractivity contribution in [2.45, 2.75) is 18.4 Å². The molecule has 11 heteroatoms. The standard InChI is InChI=1S/C27H27N5O4S2/c1-4-28-19-12-11-17(29-23(33)16-35-3)14-20(19)30-27-32(15-18-8-7-13-36-18)25(34)24(38-27)26-31(2)21-9-5-6-10-22(21)37-26/h5-14,28H,4,15-16H2,1-3H3,(H,29,33)/b26-24-,30-27?. The Morgan fingerprint density at radius 2 is 1.97 bits per heavy atom. The zero-order chi connectivity index (χ0) is 26.6. The number of benzene rings is 2. The SMILES string of the molecule is CCNc1ccc(NC(=O)COC)cc1N=C1S/C(=C2\Sc3ccccc3N2C)C(=O)N1Cc1ccco1. The molecule has 3 heterocycles. The second-order valence-corrected chi connectivity index (χ2v) is 10.5. The quantitative estimate of drug-likeness (QED) is 0.357. The molecule has 2 aliphatic rings. The molecule has 5 rings (SSSR count). The lowest BCUT2D eigenvalue weighted by Gasteiger charge is -2.16. The molecule has 1 fully saturated rings. The Morgan fingerprint density at radius 1 is 1.13 bits per heavy atom. The normalized spacial score (nSPS) is 17.9. The Bertz CT molecular complexity index is 1420. The molecule has 9 nitrogen and oxygen atoms in total. The van der Waals surface area contributed by atoms with Crippen molar-refractivity contribution < 1.29 is 18.7 Å². The number of para-hydroxylation sites is 1. The number of anilines is 3. The minimum Gasteiger partial charge on any atom is -0.467 e. The first kappa shape index (κ1) is 26.0. The van der Waals surface area contributed by atoms with E-state index in [4.69, 9.17) is 14.1 Å². The predicted molar refractivity (Wildman–Crippen MR) is 153 cm³/mol. The highest BCUT2D eigenvalue weighted by atomic mass is 32.2. The minimum atomic E-state index is -0.264. The van der Waals surface area contributed by atoms with E-state index in [9.17, 15) is 9.59 Å². The van der Waals surface area contributed by atoms with Crippen LogP contribution in [-0.4, -0.2) is 49.2 Å². The van der Waals surface area contributed by atoms with Crippen LogP contribution >= 0.6 is 23.5 Å². The lowest BCUT2D eigenvalue weighted by Crippen LogP contribution is -2.29. The van der Waals surface area contributed by atoms with Gasteiger partial charge in [0, 0.05) is 31.3 Å². The van der Waals surface area contributed by atoms with Gasteiger partial charge in [0.1, 0.15) is 17.3 Å². The van der Waals surface area contributed by atoms with Gasteiger partial charge in [-0.1, -0.05) is 23.9 Å². The molecule has 0 radical (unpaired) electrons. The number of fused-ring (bicyclic) bond motifs is 1. The van der Waals surface area contributed by atoms with E-state index >= 15 is 0 Å². The number of hydrogen-bond acceptors (Lipinski definition) is 9. The van der Waals surface area contributed by atoms with E-state index in [1.54, 1.807) is 41.1 Å². The number of nitrogens with one attached hydrogen (secondary N) is 2. The molecule has 38 heavy (non-hydrogen) atoms. The van der Waals surface area contributed by atoms with Crippen molar-refractivity contribution in [3.8, 4) is 0 Å². The number of amidine groups is 1. The number of amides is 2. The van der Waals surface area contributed by atoms with E-state index in [1.165, 1.54) is 18.9 Å². The van der Waals surface area contributed by atoms with Crippen molar-refractivity contribution in [3.63, 3.8) is 0 Å². The summed E-state index contributed by atoms with van der Waals surface area (Å²) in [6.07, 6.45) is 1.59. The van der Waals surface area contributed by atoms with Gasteiger partial charge in [0.25, 0.3) is 5.91 Å². The lowest BCUT2D eigenvalue weighted by molar-refractivity contribution is -0.123. The van der Waals surface area contributed by atoms with Gasteiger partial charge in [-0.3, -0.25) is 14.5 Å². The molecular weight excluding hydrogens is 522 g/mol. The molecule has 0 unspecified atom stereocenters. The summed E-state index contributed by atoms with van der Waals surface area (Å²) in [4.78, 5) is 36.2. The molecular formula is C27H27N5O4S2. The largest absolute Gasteiger partial charge is 0.467 e. The number of furan rings is 1. The van der Waals surface area contributed by atoms with Crippen LogP contribution in [0.1, 0.15) is 12.7 Å². The van der Waals surface area contributed by atoms with Gasteiger partial charge in [-0.2, -0.15) is 0 Å². The molecule has 0 saturated carbocycles. The number of nitrogens with zero attached hydrogens (tertiary/aromatic N) is 3. The Hall–Kier alpha value is -3.67. The van der Waals surface area contributed by atoms with Crippen LogP contribution in [-0.2, 0) is 20.9 Å². The zero-order valence-corrected chi connectivity index (χ0v) is 22.8. The summed E-state index contributed by atoms with van der Waals surface area (Å²) in [6.45, 7) is 2.88. The van der Waals surface area contributed by atoms with Gasteiger partial charge >= 0.3 is 0 Å². The van der Waals surface area contributed by atoms with Crippen LogP contribution in [0, 0.1) is 0 Å². The Morgan fingerprint density at radius 3 is 2.71 bits per heavy atom. The van der Waals surface area contributed by atoms with Crippen molar-refractivity contribution >= 4 is 63.3 Å². The predicted octanol–water partition coefficient (Wildman–Crippen LogP) is 5.47. The van der Waals surface area contributed by atoms with Gasteiger partial charge in [-0.25, -0.2) is 4.99 Å². The monoisotopic (exact) mass is 549 g/mol. The second kappa shape index (κ2) is 11.4. The molecule has 0 bridgehead atoms. The summed E-state index contributed by atoms with van der Waals surface area (Å²) >= 11 is 2.91. The van der Waals surface area contributed by atoms with E-state index in [0.29, 0.717) is 33.8 Å². The van der Waals surface area contributed by atoms with Crippen LogP contribution in [0.2, 0.25) is 0 Å². The van der Waals surface area contributed by atoms with Crippen molar-refractivity contribution in [1.82, 2.24) is 4.90 Å². The van der Waals surface area contributed by atoms with Crippen LogP contribution in [0.25, 0.3) is 0 Å². The van der Waals surface area contributed by atoms with Crippen molar-refractivity contribution in [2.75, 3.05) is 42.8 Å². The van der Waals surface area contributed by atoms with Gasteiger partial charge < -0.3 is 24.7 Å². The topological polar surface area (TPSA) is 99.4 Å². The molecule has 2 amide bonds. The first-order valence-electron chi connectivity index (χ1n) is 12.0. The van der Waals surface area contributed by atoms with Gasteiger partial charge in [-0.15, -0.1) is 0 Å². The number of methoxy groups -OCH3 is 1. The van der Waals surface area contributed by atoms with E-state index in [-0.39, 0.29) is 25.0 Å². The molecule has 3 aromatic rings. The minimum absolute atomic E-state index is 0.0510. The first-order valence-corrected chi connectivity index (χ1v) is 13.6. The van der Waals surface area contributed by atoms with Crippen LogP contribution in [0.3, 0.4) is 0 Å². The van der Waals surface area contributed by atoms with E-state index in [2.05, 4.69) is 16.7 Å². The number of ether oxygens (including phenoxy) is 1. The van der Waals surface area contributed by atoms with Crippen LogP contribution < -0.4 is 15.5 Å². The average molecular weight is 550 g/mol. The Balaban J connectivity index is 1.55. The molecule has 1 saturated heterocycles. The maximum absolute atomic E-state index is 13.8. The van der Waals surface area contributed by atoms with Gasteiger partial charge in [0.05, 0.1) is 34.9 Å². The van der Waals surface area contributed by atoms with E-state index in [1.807, 2.05) is 49.2 Å². The summed E-state index contributed by atoms with van der Waals surface area (Å²) in [6, 6.07) is 17.2. The van der Waals surface area contributed by atoms with E-state index in [0.717, 1.165) is 21.3 Å². The third-order valence-corrected chi connectivity index (χ3v) is 8.26. The van der Waals surface area contributed by atoms with Crippen molar-refractivity contribution in [1.29, 1.82) is 0 Å². The Labute approximate surface area is 229 Å². The fourth-order valence-corrected chi connectivity index (χ4v) is 6.43. The van der Waals surface area contributed by atoms with Gasteiger partial charge in [0.15, 0.2) is 5.17 Å². The molecule has 0 spiro atoms. The third-order valence-electron chi connectivity index (χ3n) is 5.83. The van der Waals surface area contributed by atoms with Crippen molar-refractivity contribution in [2.24, 2.45) is 4.99 Å². The molecule has 0 atom stereocenters. The highest BCUT2D eigenvalue weighted by Gasteiger charge is 2.39. The fraction of sp³-hybridized carbons (Fsp3) is 0.222. The number of hydrogen-bond donors (Lipinski definition) is 2. The smallest absolute Gasteiger partial charge is 0.269 e. The van der Waals surface area contributed by atoms with Gasteiger partial charge in [0.2, 0.25) is 5.91 Å². The summed E-state index contributed by atoms with van der Waals surface area (Å²) in [7, 11) is 3.44. The summed E-state index contributed by atoms with van der Waals surface area (Å²) in [5, 5.41) is 7.52. The molecule has 2 aromatic carbocycles. The number of thioether (sulfide) groups is 2. The summed E-state index contributed by atoms with van der Waals surface area (Å²) < 4.78 is 10.5. The van der Waals surface area contributed by atoms with Gasteiger partial charge in [-0.05, 0) is 61.2 Å². The number of rotatable bonds is 8. The first-order chi connectivity index (χ1) is 18.5. The lowest BCUT2D eigenvalue weighted by atomic mass is 10.2. The number of carbonyl (C=O) groups excluding carboxylic acids is 2.